The first kappa shape index (κ1) is 26.5. The summed E-state index contributed by atoms with van der Waals surface area (Å²) in [6.07, 6.45) is 1.28. The van der Waals surface area contributed by atoms with Gasteiger partial charge in [-0.15, -0.1) is 0 Å². The number of ether oxygens (including phenoxy) is 2. The van der Waals surface area contributed by atoms with Gasteiger partial charge in [0.15, 0.2) is 12.4 Å². The first-order chi connectivity index (χ1) is 18.2. The van der Waals surface area contributed by atoms with Crippen molar-refractivity contribution in [1.82, 2.24) is 9.66 Å². The molecule has 1 heterocycles. The van der Waals surface area contributed by atoms with E-state index >= 15 is 0 Å². The van der Waals surface area contributed by atoms with Crippen molar-refractivity contribution in [2.45, 2.75) is 13.8 Å². The molecule has 0 aliphatic heterocycles. The number of rotatable bonds is 8. The Morgan fingerprint density at radius 2 is 1.92 bits per heavy atom. The van der Waals surface area contributed by atoms with Gasteiger partial charge in [0, 0.05) is 21.8 Å². The van der Waals surface area contributed by atoms with Crippen molar-refractivity contribution < 1.29 is 19.2 Å². The van der Waals surface area contributed by atoms with E-state index in [-0.39, 0.29) is 17.1 Å². The molecule has 0 saturated heterocycles. The van der Waals surface area contributed by atoms with E-state index < -0.39 is 28.7 Å². The highest BCUT2D eigenvalue weighted by molar-refractivity contribution is 9.10. The second kappa shape index (κ2) is 11.2. The average Bonchev–Trinajstić information content (AvgIpc) is 2.89. The number of hydrogen-bond acceptors (Lipinski definition) is 8. The average molecular weight is 580 g/mol. The van der Waals surface area contributed by atoms with E-state index in [9.17, 15) is 19.7 Å². The Hall–Kier alpha value is -4.58. The minimum Gasteiger partial charge on any atom is -0.493 e. The Kier molecular flexibility index (Phi) is 7.82. The van der Waals surface area contributed by atoms with Gasteiger partial charge in [-0.3, -0.25) is 19.7 Å². The van der Waals surface area contributed by atoms with Crippen LogP contribution in [0.3, 0.4) is 0 Å². The second-order valence-corrected chi connectivity index (χ2v) is 9.13. The van der Waals surface area contributed by atoms with E-state index in [1.54, 1.807) is 37.3 Å². The summed E-state index contributed by atoms with van der Waals surface area (Å²) in [5, 5.41) is 19.1. The third-order valence-corrected chi connectivity index (χ3v) is 5.94. The fourth-order valence-electron chi connectivity index (χ4n) is 3.61. The summed E-state index contributed by atoms with van der Waals surface area (Å²) in [4.78, 5) is 40.9. The largest absolute Gasteiger partial charge is 0.493 e. The Morgan fingerprint density at radius 3 is 2.61 bits per heavy atom. The van der Waals surface area contributed by atoms with E-state index in [2.05, 4.69) is 31.3 Å². The number of anilines is 1. The lowest BCUT2D eigenvalue weighted by atomic mass is 10.2. The standard InChI is InChI=1S/C26H22BrN5O6/c1-15-4-7-19(8-5-15)30-24(33)14-38-25-22(32(35)36)10-17(11-23(25)37-3)13-28-31-16(2)29-21-9-6-18(27)12-20(21)26(31)34/h4-13H,14H2,1-3H3,(H,30,33). The predicted molar refractivity (Wildman–Crippen MR) is 146 cm³/mol. The Balaban J connectivity index is 1.61. The van der Waals surface area contributed by atoms with Crippen molar-refractivity contribution >= 4 is 50.3 Å². The third kappa shape index (κ3) is 5.86. The van der Waals surface area contributed by atoms with Gasteiger partial charge in [0.2, 0.25) is 5.75 Å². The number of carbonyl (C=O) groups is 1. The molecule has 194 valence electrons. The third-order valence-electron chi connectivity index (χ3n) is 5.45. The lowest BCUT2D eigenvalue weighted by molar-refractivity contribution is -0.385. The number of aryl methyl sites for hydroxylation is 2. The van der Waals surface area contributed by atoms with Crippen LogP contribution in [-0.2, 0) is 4.79 Å². The summed E-state index contributed by atoms with van der Waals surface area (Å²) < 4.78 is 12.6. The van der Waals surface area contributed by atoms with Crippen LogP contribution in [0.5, 0.6) is 11.5 Å². The van der Waals surface area contributed by atoms with Crippen LogP contribution >= 0.6 is 15.9 Å². The summed E-state index contributed by atoms with van der Waals surface area (Å²) in [5.74, 6) is -0.351. The smallest absolute Gasteiger partial charge is 0.315 e. The number of hydrogen-bond donors (Lipinski definition) is 1. The highest BCUT2D eigenvalue weighted by Crippen LogP contribution is 2.38. The molecule has 1 amide bonds. The van der Waals surface area contributed by atoms with Crippen LogP contribution in [0.2, 0.25) is 0 Å². The topological polar surface area (TPSA) is 138 Å². The van der Waals surface area contributed by atoms with Gasteiger partial charge in [-0.2, -0.15) is 9.78 Å². The van der Waals surface area contributed by atoms with Gasteiger partial charge < -0.3 is 14.8 Å². The van der Waals surface area contributed by atoms with Gasteiger partial charge in [0.1, 0.15) is 5.82 Å². The van der Waals surface area contributed by atoms with E-state index in [4.69, 9.17) is 9.47 Å². The maximum atomic E-state index is 13.0. The highest BCUT2D eigenvalue weighted by atomic mass is 79.9. The molecule has 1 aromatic heterocycles. The first-order valence-corrected chi connectivity index (χ1v) is 12.0. The Labute approximate surface area is 225 Å². The fourth-order valence-corrected chi connectivity index (χ4v) is 3.97. The van der Waals surface area contributed by atoms with Gasteiger partial charge in [0.25, 0.3) is 11.5 Å². The molecular formula is C26H22BrN5O6. The Morgan fingerprint density at radius 1 is 1.18 bits per heavy atom. The molecule has 0 saturated carbocycles. The van der Waals surface area contributed by atoms with E-state index in [1.807, 2.05) is 19.1 Å². The molecule has 0 fully saturated rings. The van der Waals surface area contributed by atoms with Gasteiger partial charge >= 0.3 is 5.69 Å². The van der Waals surface area contributed by atoms with E-state index in [1.165, 1.54) is 25.5 Å². The van der Waals surface area contributed by atoms with E-state index in [0.29, 0.717) is 26.9 Å². The molecule has 0 radical (unpaired) electrons. The Bertz CT molecular complexity index is 1630. The molecule has 0 aliphatic carbocycles. The molecule has 3 aromatic carbocycles. The molecule has 11 nitrogen and oxygen atoms in total. The maximum absolute atomic E-state index is 13.0. The molecule has 12 heteroatoms. The minimum atomic E-state index is -0.653. The maximum Gasteiger partial charge on any atom is 0.315 e. The molecule has 0 bridgehead atoms. The van der Waals surface area contributed by atoms with Crippen LogP contribution in [0.1, 0.15) is 17.0 Å². The number of carbonyl (C=O) groups excluding carboxylic acids is 1. The molecule has 1 N–H and O–H groups in total. The summed E-state index contributed by atoms with van der Waals surface area (Å²) in [5.41, 5.74) is 1.56. The zero-order valence-corrected chi connectivity index (χ0v) is 22.2. The SMILES string of the molecule is COc1cc(C=Nn2c(C)nc3ccc(Br)cc3c2=O)cc([N+](=O)[O-])c1OCC(=O)Nc1ccc(C)cc1. The summed E-state index contributed by atoms with van der Waals surface area (Å²) >= 11 is 3.34. The molecule has 38 heavy (non-hydrogen) atoms. The van der Waals surface area contributed by atoms with Crippen molar-refractivity contribution in [3.63, 3.8) is 0 Å². The quantitative estimate of drug-likeness (QED) is 0.183. The van der Waals surface area contributed by atoms with Crippen molar-refractivity contribution in [2.75, 3.05) is 19.0 Å². The van der Waals surface area contributed by atoms with Crippen LogP contribution in [0.15, 0.2) is 69.0 Å². The van der Waals surface area contributed by atoms with Crippen molar-refractivity contribution in [3.8, 4) is 11.5 Å². The van der Waals surface area contributed by atoms with Crippen LogP contribution < -0.4 is 20.3 Å². The number of methoxy groups -OCH3 is 1. The number of halogens is 1. The number of nitrogens with zero attached hydrogens (tertiary/aromatic N) is 4. The number of nitro benzene ring substituents is 1. The second-order valence-electron chi connectivity index (χ2n) is 8.21. The van der Waals surface area contributed by atoms with Gasteiger partial charge in [-0.1, -0.05) is 33.6 Å². The molecule has 0 aliphatic rings. The number of amides is 1. The summed E-state index contributed by atoms with van der Waals surface area (Å²) in [6, 6.07) is 15.0. The molecule has 4 rings (SSSR count). The van der Waals surface area contributed by atoms with Crippen LogP contribution in [0.4, 0.5) is 11.4 Å². The number of benzene rings is 3. The normalized spacial score (nSPS) is 11.1. The number of nitro groups is 1. The zero-order valence-electron chi connectivity index (χ0n) is 20.6. The van der Waals surface area contributed by atoms with E-state index in [0.717, 1.165) is 10.2 Å². The monoisotopic (exact) mass is 579 g/mol. The molecule has 0 unspecified atom stereocenters. The van der Waals surface area contributed by atoms with Crippen molar-refractivity contribution in [1.29, 1.82) is 0 Å². The molecule has 4 aromatic rings. The summed E-state index contributed by atoms with van der Waals surface area (Å²) in [6.45, 7) is 3.07. The van der Waals surface area contributed by atoms with Crippen LogP contribution in [0.25, 0.3) is 10.9 Å². The van der Waals surface area contributed by atoms with Gasteiger partial charge in [-0.25, -0.2) is 4.98 Å². The number of nitrogens with one attached hydrogen (secondary N) is 1. The van der Waals surface area contributed by atoms with Crippen molar-refractivity contribution in [3.05, 3.63) is 96.5 Å². The van der Waals surface area contributed by atoms with Crippen LogP contribution in [0, 0.1) is 24.0 Å². The summed E-state index contributed by atoms with van der Waals surface area (Å²) in [7, 11) is 1.32. The molecule has 0 atom stereocenters. The minimum absolute atomic E-state index is 0.0217. The fraction of sp³-hybridized carbons (Fsp3) is 0.154. The van der Waals surface area contributed by atoms with Gasteiger partial charge in [0.05, 0.1) is 29.2 Å². The lowest BCUT2D eigenvalue weighted by Crippen LogP contribution is -2.21. The molecular weight excluding hydrogens is 558 g/mol. The number of aromatic nitrogens is 2. The molecule has 0 spiro atoms. The predicted octanol–water partition coefficient (Wildman–Crippen LogP) is 4.59. The van der Waals surface area contributed by atoms with Gasteiger partial charge in [-0.05, 0) is 50.2 Å². The highest BCUT2D eigenvalue weighted by Gasteiger charge is 2.23. The van der Waals surface area contributed by atoms with Crippen LogP contribution in [-0.4, -0.2) is 40.4 Å². The van der Waals surface area contributed by atoms with Crippen molar-refractivity contribution in [2.24, 2.45) is 5.10 Å². The lowest BCUT2D eigenvalue weighted by Gasteiger charge is -2.12. The number of fused-ring (bicyclic) bond motifs is 1. The zero-order chi connectivity index (χ0) is 27.4. The first-order valence-electron chi connectivity index (χ1n) is 11.3.